The van der Waals surface area contributed by atoms with Crippen LogP contribution in [0.3, 0.4) is 0 Å². The highest BCUT2D eigenvalue weighted by atomic mass is 16.7. The Bertz CT molecular complexity index is 463. The van der Waals surface area contributed by atoms with Crippen molar-refractivity contribution in [2.45, 2.75) is 45.2 Å². The molecule has 1 aliphatic heterocycles. The van der Waals surface area contributed by atoms with Crippen molar-refractivity contribution in [3.8, 4) is 0 Å². The molecule has 1 aliphatic rings. The third-order valence-electron chi connectivity index (χ3n) is 3.91. The van der Waals surface area contributed by atoms with Gasteiger partial charge in [-0.3, -0.25) is 0 Å². The summed E-state index contributed by atoms with van der Waals surface area (Å²) in [5, 5.41) is 8.85. The van der Waals surface area contributed by atoms with Crippen LogP contribution >= 0.6 is 0 Å². The zero-order chi connectivity index (χ0) is 14.3. The number of carboxylic acids is 1. The molecule has 19 heavy (non-hydrogen) atoms. The van der Waals surface area contributed by atoms with E-state index < -0.39 is 5.97 Å². The first-order valence-electron chi connectivity index (χ1n) is 6.39. The second kappa shape index (κ2) is 4.65. The highest BCUT2D eigenvalue weighted by Crippen LogP contribution is 2.37. The lowest BCUT2D eigenvalue weighted by Gasteiger charge is -2.32. The minimum atomic E-state index is -0.915. The van der Waals surface area contributed by atoms with Crippen LogP contribution in [0.15, 0.2) is 24.3 Å². The van der Waals surface area contributed by atoms with Gasteiger partial charge < -0.3 is 14.4 Å². The maximum Gasteiger partial charge on any atom is 0.462 e. The van der Waals surface area contributed by atoms with E-state index in [4.69, 9.17) is 14.4 Å². The fraction of sp³-hybridized carbons (Fsp3) is 0.500. The molecule has 0 saturated carbocycles. The van der Waals surface area contributed by atoms with Crippen LogP contribution in [-0.2, 0) is 15.6 Å². The monoisotopic (exact) mass is 262 g/mol. The number of carbonyl (C=O) groups is 1. The molecule has 0 aromatic heterocycles. The lowest BCUT2D eigenvalue weighted by Crippen LogP contribution is -2.41. The smallest absolute Gasteiger partial charge is 0.462 e. The summed E-state index contributed by atoms with van der Waals surface area (Å²) in [5.41, 5.74) is 0.623. The topological polar surface area (TPSA) is 55.8 Å². The molecule has 2 rings (SSSR count). The first-order valence-corrected chi connectivity index (χ1v) is 6.39. The van der Waals surface area contributed by atoms with Gasteiger partial charge in [0.25, 0.3) is 0 Å². The Morgan fingerprint density at radius 2 is 1.58 bits per heavy atom. The van der Waals surface area contributed by atoms with E-state index in [1.807, 2.05) is 27.7 Å². The Morgan fingerprint density at radius 1 is 1.11 bits per heavy atom. The second-order valence-corrected chi connectivity index (χ2v) is 5.89. The Morgan fingerprint density at radius 3 is 2.00 bits per heavy atom. The van der Waals surface area contributed by atoms with Crippen molar-refractivity contribution >= 4 is 13.1 Å². The molecule has 4 nitrogen and oxygen atoms in total. The summed E-state index contributed by atoms with van der Waals surface area (Å²) in [6.07, 6.45) is 0.618. The molecule has 1 heterocycles. The van der Waals surface area contributed by atoms with E-state index in [2.05, 4.69) is 0 Å². The molecule has 0 bridgehead atoms. The summed E-state index contributed by atoms with van der Waals surface area (Å²) >= 11 is 0. The molecule has 0 aliphatic carbocycles. The number of carboxylic acid groups (broad SMARTS) is 1. The molecule has 5 heteroatoms. The van der Waals surface area contributed by atoms with E-state index in [1.165, 1.54) is 0 Å². The molecule has 1 saturated heterocycles. The predicted octanol–water partition coefficient (Wildman–Crippen LogP) is 2.56. The van der Waals surface area contributed by atoms with Crippen LogP contribution in [0.1, 0.15) is 43.6 Å². The van der Waals surface area contributed by atoms with E-state index in [0.29, 0.717) is 6.32 Å². The van der Waals surface area contributed by atoms with Crippen molar-refractivity contribution in [1.29, 1.82) is 0 Å². The van der Waals surface area contributed by atoms with Crippen LogP contribution in [0.4, 0.5) is 0 Å². The van der Waals surface area contributed by atoms with Crippen molar-refractivity contribution < 1.29 is 19.2 Å². The summed E-state index contributed by atoms with van der Waals surface area (Å²) in [6.45, 7) is 8.06. The van der Waals surface area contributed by atoms with Gasteiger partial charge in [-0.25, -0.2) is 4.79 Å². The first kappa shape index (κ1) is 14.1. The maximum atomic E-state index is 10.8. The summed E-state index contributed by atoms with van der Waals surface area (Å²) in [6, 6.07) is 6.80. The van der Waals surface area contributed by atoms with Gasteiger partial charge in [-0.1, -0.05) is 12.1 Å². The Kier molecular flexibility index (Phi) is 3.45. The molecular formula is C14H19BO4. The van der Waals surface area contributed by atoms with Crippen LogP contribution in [0.5, 0.6) is 0 Å². The van der Waals surface area contributed by atoms with E-state index in [1.54, 1.807) is 24.3 Å². The van der Waals surface area contributed by atoms with Crippen LogP contribution in [0, 0.1) is 0 Å². The van der Waals surface area contributed by atoms with E-state index >= 15 is 0 Å². The molecule has 1 aromatic carbocycles. The molecule has 0 atom stereocenters. The fourth-order valence-corrected chi connectivity index (χ4v) is 2.02. The molecule has 1 aromatic rings. The van der Waals surface area contributed by atoms with Gasteiger partial charge >= 0.3 is 13.1 Å². The Labute approximate surface area is 113 Å². The van der Waals surface area contributed by atoms with Crippen molar-refractivity contribution in [3.05, 3.63) is 35.4 Å². The van der Waals surface area contributed by atoms with Crippen LogP contribution in [0.25, 0.3) is 0 Å². The zero-order valence-corrected chi connectivity index (χ0v) is 11.8. The largest absolute Gasteiger partial charge is 0.478 e. The van der Waals surface area contributed by atoms with Crippen molar-refractivity contribution in [1.82, 2.24) is 0 Å². The summed E-state index contributed by atoms with van der Waals surface area (Å²) in [7, 11) is -0.291. The zero-order valence-electron chi connectivity index (χ0n) is 11.8. The highest BCUT2D eigenvalue weighted by molar-refractivity contribution is 6.45. The van der Waals surface area contributed by atoms with Gasteiger partial charge in [-0.15, -0.1) is 0 Å². The number of hydrogen-bond donors (Lipinski definition) is 1. The standard InChI is InChI=1S/C14H19BO4/c1-13(2)14(3,4)19-15(18-13)9-10-5-7-11(8-6-10)12(16)17/h5-8H,9H2,1-4H3,(H,16,17). The highest BCUT2D eigenvalue weighted by Gasteiger charge is 2.50. The average Bonchev–Trinajstić information content (AvgIpc) is 2.47. The average molecular weight is 262 g/mol. The molecule has 0 amide bonds. The minimum Gasteiger partial charge on any atom is -0.478 e. The van der Waals surface area contributed by atoms with Gasteiger partial charge in [-0.05, 0) is 45.4 Å². The van der Waals surface area contributed by atoms with Crippen molar-refractivity contribution in [2.75, 3.05) is 0 Å². The van der Waals surface area contributed by atoms with Crippen LogP contribution < -0.4 is 0 Å². The predicted molar refractivity (Wildman–Crippen MR) is 73.2 cm³/mol. The quantitative estimate of drug-likeness (QED) is 0.850. The van der Waals surface area contributed by atoms with Gasteiger partial charge in [0.2, 0.25) is 0 Å². The summed E-state index contributed by atoms with van der Waals surface area (Å²) in [4.78, 5) is 10.8. The molecule has 102 valence electrons. The number of aromatic carboxylic acids is 1. The Balaban J connectivity index is 2.05. The number of benzene rings is 1. The molecule has 0 spiro atoms. The third kappa shape index (κ3) is 2.82. The summed E-state index contributed by atoms with van der Waals surface area (Å²) in [5.74, 6) is -0.915. The molecule has 0 radical (unpaired) electrons. The second-order valence-electron chi connectivity index (χ2n) is 5.89. The van der Waals surface area contributed by atoms with Crippen LogP contribution in [0.2, 0.25) is 0 Å². The fourth-order valence-electron chi connectivity index (χ4n) is 2.02. The van der Waals surface area contributed by atoms with Gasteiger partial charge in [0, 0.05) is 6.32 Å². The molecule has 0 unspecified atom stereocenters. The van der Waals surface area contributed by atoms with E-state index in [0.717, 1.165) is 5.56 Å². The van der Waals surface area contributed by atoms with Gasteiger partial charge in [0.15, 0.2) is 0 Å². The van der Waals surface area contributed by atoms with Crippen molar-refractivity contribution in [2.24, 2.45) is 0 Å². The summed E-state index contributed by atoms with van der Waals surface area (Å²) < 4.78 is 11.8. The molecule has 1 fully saturated rings. The normalized spacial score (nSPS) is 20.5. The number of rotatable bonds is 3. The lowest BCUT2D eigenvalue weighted by molar-refractivity contribution is 0.00578. The maximum absolute atomic E-state index is 10.8. The van der Waals surface area contributed by atoms with Crippen molar-refractivity contribution in [3.63, 3.8) is 0 Å². The Hall–Kier alpha value is -1.33. The van der Waals surface area contributed by atoms with E-state index in [-0.39, 0.29) is 23.9 Å². The lowest BCUT2D eigenvalue weighted by atomic mass is 9.80. The minimum absolute atomic E-state index is 0.290. The SMILES string of the molecule is CC1(C)OB(Cc2ccc(C(=O)O)cc2)OC1(C)C. The van der Waals surface area contributed by atoms with Gasteiger partial charge in [0.1, 0.15) is 0 Å². The molecule has 1 N–H and O–H groups in total. The van der Waals surface area contributed by atoms with Gasteiger partial charge in [-0.2, -0.15) is 0 Å². The van der Waals surface area contributed by atoms with Gasteiger partial charge in [0.05, 0.1) is 16.8 Å². The first-order chi connectivity index (χ1) is 8.71. The number of hydrogen-bond acceptors (Lipinski definition) is 3. The van der Waals surface area contributed by atoms with Crippen LogP contribution in [-0.4, -0.2) is 29.4 Å². The third-order valence-corrected chi connectivity index (χ3v) is 3.91. The van der Waals surface area contributed by atoms with E-state index in [9.17, 15) is 4.79 Å². The molecular weight excluding hydrogens is 243 g/mol.